The number of carbonyl (C=O) groups excluding carboxylic acids is 1. The summed E-state index contributed by atoms with van der Waals surface area (Å²) in [4.78, 5) is 20.9. The molecule has 168 valence electrons. The second-order valence-corrected chi connectivity index (χ2v) is 7.41. The number of fused-ring (bicyclic) bond motifs is 1. The Bertz CT molecular complexity index is 1280. The zero-order valence-electron chi connectivity index (χ0n) is 17.4. The third-order valence-corrected chi connectivity index (χ3v) is 5.42. The van der Waals surface area contributed by atoms with Gasteiger partial charge in [0.15, 0.2) is 0 Å². The molecular formula is C20H20Cl2N6O3S. The zero-order valence-corrected chi connectivity index (χ0v) is 19.9. The Morgan fingerprint density at radius 3 is 2.62 bits per heavy atom. The van der Waals surface area contributed by atoms with E-state index in [1.54, 1.807) is 29.9 Å². The third-order valence-electron chi connectivity index (χ3n) is 4.69. The molecule has 0 N–H and O–H groups in total. The highest BCUT2D eigenvalue weighted by atomic mass is 35.5. The Morgan fingerprint density at radius 2 is 1.94 bits per heavy atom. The van der Waals surface area contributed by atoms with Gasteiger partial charge in [-0.2, -0.15) is 28.7 Å². The number of methoxy groups -OCH3 is 1. The number of nitrogens with zero attached hydrogens (tertiary/aromatic N) is 6. The largest absolute Gasteiger partial charge is 0.479 e. The Kier molecular flexibility index (Phi) is 7.27. The molecule has 3 heterocycles. The molecular weight excluding hydrogens is 475 g/mol. The molecule has 9 nitrogen and oxygen atoms in total. The van der Waals surface area contributed by atoms with Crippen LogP contribution >= 0.6 is 36.7 Å². The maximum absolute atomic E-state index is 11.9. The monoisotopic (exact) mass is 494 g/mol. The van der Waals surface area contributed by atoms with Gasteiger partial charge < -0.3 is 9.47 Å². The second kappa shape index (κ2) is 9.76. The molecule has 4 aromatic rings. The molecule has 0 amide bonds. The molecule has 0 aliphatic rings. The second-order valence-electron chi connectivity index (χ2n) is 6.60. The molecule has 12 heteroatoms. The lowest BCUT2D eigenvalue weighted by Gasteiger charge is -2.16. The van der Waals surface area contributed by atoms with Crippen molar-refractivity contribution in [2.75, 3.05) is 13.7 Å². The van der Waals surface area contributed by atoms with Crippen molar-refractivity contribution in [3.63, 3.8) is 0 Å². The molecule has 3 aromatic heterocycles. The number of carbonyl (C=O) groups is 1. The number of hydrogen-bond acceptors (Lipinski definition) is 7. The summed E-state index contributed by atoms with van der Waals surface area (Å²) in [5, 5.41) is 9.58. The van der Waals surface area contributed by atoms with Gasteiger partial charge in [0.05, 0.1) is 47.8 Å². The average Bonchev–Trinajstić information content (AvgIpc) is 3.42. The van der Waals surface area contributed by atoms with Crippen LogP contribution in [0.25, 0.3) is 17.0 Å². The molecule has 0 saturated heterocycles. The molecule has 32 heavy (non-hydrogen) atoms. The van der Waals surface area contributed by atoms with Crippen LogP contribution in [0.2, 0.25) is 10.0 Å². The van der Waals surface area contributed by atoms with Crippen LogP contribution in [-0.2, 0) is 4.74 Å². The van der Waals surface area contributed by atoms with Crippen LogP contribution in [0.5, 0.6) is 5.88 Å². The van der Waals surface area contributed by atoms with Gasteiger partial charge in [0.1, 0.15) is 11.0 Å². The molecule has 0 unspecified atom stereocenters. The number of ether oxygens (including phenoxy) is 2. The summed E-state index contributed by atoms with van der Waals surface area (Å²) in [7, 11) is 1.51. The van der Waals surface area contributed by atoms with E-state index in [4.69, 9.17) is 32.7 Å². The number of benzene rings is 1. The first-order valence-corrected chi connectivity index (χ1v) is 10.1. The molecule has 0 saturated carbocycles. The first kappa shape index (κ1) is 23.8. The van der Waals surface area contributed by atoms with Crippen molar-refractivity contribution < 1.29 is 14.3 Å². The van der Waals surface area contributed by atoms with E-state index in [-0.39, 0.29) is 32.1 Å². The van der Waals surface area contributed by atoms with Gasteiger partial charge in [0.2, 0.25) is 5.88 Å². The van der Waals surface area contributed by atoms with Gasteiger partial charge in [-0.15, -0.1) is 0 Å². The van der Waals surface area contributed by atoms with Crippen molar-refractivity contribution in [2.24, 2.45) is 0 Å². The van der Waals surface area contributed by atoms with Gasteiger partial charge in [-0.1, -0.05) is 29.3 Å². The van der Waals surface area contributed by atoms with Crippen molar-refractivity contribution in [2.45, 2.75) is 19.9 Å². The Labute approximate surface area is 200 Å². The molecule has 0 aliphatic carbocycles. The summed E-state index contributed by atoms with van der Waals surface area (Å²) in [6.07, 6.45) is 4.52. The fourth-order valence-corrected chi connectivity index (χ4v) is 3.43. The number of halogens is 2. The highest BCUT2D eigenvalue weighted by Crippen LogP contribution is 2.31. The summed E-state index contributed by atoms with van der Waals surface area (Å²) in [6.45, 7) is 3.98. The van der Waals surface area contributed by atoms with Crippen molar-refractivity contribution in [3.8, 4) is 11.8 Å². The predicted molar refractivity (Wildman–Crippen MR) is 126 cm³/mol. The normalized spacial score (nSPS) is 11.8. The van der Waals surface area contributed by atoms with Gasteiger partial charge in [-0.3, -0.25) is 4.68 Å². The summed E-state index contributed by atoms with van der Waals surface area (Å²) in [5.74, 6) is 0.0873. The highest BCUT2D eigenvalue weighted by molar-refractivity contribution is 7.59. The van der Waals surface area contributed by atoms with E-state index in [1.165, 1.54) is 24.2 Å². The lowest BCUT2D eigenvalue weighted by molar-refractivity contribution is 0.0526. The smallest absolute Gasteiger partial charge is 0.341 e. The van der Waals surface area contributed by atoms with Gasteiger partial charge in [-0.05, 0) is 31.5 Å². The minimum absolute atomic E-state index is 0. The van der Waals surface area contributed by atoms with Gasteiger partial charge in [0.25, 0.3) is 5.95 Å². The van der Waals surface area contributed by atoms with Gasteiger partial charge in [-0.25, -0.2) is 14.5 Å². The molecule has 0 fully saturated rings. The molecule has 1 aromatic carbocycles. The van der Waals surface area contributed by atoms with Crippen LogP contribution in [0.4, 0.5) is 0 Å². The number of aromatic nitrogens is 6. The lowest BCUT2D eigenvalue weighted by Crippen LogP contribution is -2.11. The van der Waals surface area contributed by atoms with Crippen molar-refractivity contribution >= 4 is 53.7 Å². The Balaban J connectivity index is 0.00000289. The van der Waals surface area contributed by atoms with E-state index in [0.717, 1.165) is 5.56 Å². The number of hydrogen-bond donors (Lipinski definition) is 0. The predicted octanol–water partition coefficient (Wildman–Crippen LogP) is 4.23. The topological polar surface area (TPSA) is 97.0 Å². The van der Waals surface area contributed by atoms with Crippen LogP contribution in [-0.4, -0.2) is 49.2 Å². The standard InChI is InChI=1S/C20H18Cl2N6O3.H2S/c1-4-31-19(29)13-8-23-27(10-13)20-25-16-9-24-28(17(16)18(26-20)30-3)11(2)12-5-6-14(21)15(22)7-12;/h5-11H,4H2,1-3H3;1H2/t11-;/m0./s1. The fourth-order valence-electron chi connectivity index (χ4n) is 3.12. The molecule has 1 atom stereocenters. The summed E-state index contributed by atoms with van der Waals surface area (Å²) >= 11 is 12.2. The molecule has 0 spiro atoms. The molecule has 0 radical (unpaired) electrons. The van der Waals surface area contributed by atoms with Gasteiger partial charge in [0, 0.05) is 6.20 Å². The minimum atomic E-state index is -0.468. The Morgan fingerprint density at radius 1 is 1.16 bits per heavy atom. The third kappa shape index (κ3) is 4.38. The highest BCUT2D eigenvalue weighted by Gasteiger charge is 2.21. The lowest BCUT2D eigenvalue weighted by atomic mass is 10.1. The Hall–Kier alpha value is -2.82. The quantitative estimate of drug-likeness (QED) is 0.370. The fraction of sp³-hybridized carbons (Fsp3) is 0.250. The molecule has 0 bridgehead atoms. The summed E-state index contributed by atoms with van der Waals surface area (Å²) in [6, 6.07) is 5.24. The van der Waals surface area contributed by atoms with E-state index >= 15 is 0 Å². The zero-order chi connectivity index (χ0) is 22.1. The van der Waals surface area contributed by atoms with Crippen LogP contribution in [0.1, 0.15) is 35.8 Å². The van der Waals surface area contributed by atoms with Crippen LogP contribution in [0.15, 0.2) is 36.8 Å². The first-order chi connectivity index (χ1) is 14.9. The van der Waals surface area contributed by atoms with E-state index in [1.807, 2.05) is 13.0 Å². The van der Waals surface area contributed by atoms with E-state index in [0.29, 0.717) is 32.5 Å². The van der Waals surface area contributed by atoms with Crippen molar-refractivity contribution in [1.82, 2.24) is 29.5 Å². The summed E-state index contributed by atoms with van der Waals surface area (Å²) < 4.78 is 13.6. The van der Waals surface area contributed by atoms with Gasteiger partial charge >= 0.3 is 5.97 Å². The SMILES string of the molecule is CCOC(=O)c1cnn(-c2nc(OC)c3c(cnn3[C@@H](C)c3ccc(Cl)c(Cl)c3)n2)c1.S. The average molecular weight is 495 g/mol. The number of esters is 1. The van der Waals surface area contributed by atoms with Crippen LogP contribution in [0.3, 0.4) is 0 Å². The molecule has 4 rings (SSSR count). The maximum Gasteiger partial charge on any atom is 0.341 e. The first-order valence-electron chi connectivity index (χ1n) is 9.39. The van der Waals surface area contributed by atoms with E-state index in [9.17, 15) is 4.79 Å². The summed E-state index contributed by atoms with van der Waals surface area (Å²) in [5.41, 5.74) is 2.38. The number of rotatable bonds is 6. The van der Waals surface area contributed by atoms with Crippen LogP contribution in [0, 0.1) is 0 Å². The minimum Gasteiger partial charge on any atom is -0.479 e. The van der Waals surface area contributed by atoms with Crippen LogP contribution < -0.4 is 4.74 Å². The maximum atomic E-state index is 11.9. The van der Waals surface area contributed by atoms with E-state index in [2.05, 4.69) is 20.2 Å². The van der Waals surface area contributed by atoms with Crippen molar-refractivity contribution in [1.29, 1.82) is 0 Å². The molecule has 0 aliphatic heterocycles. The van der Waals surface area contributed by atoms with E-state index < -0.39 is 5.97 Å². The van der Waals surface area contributed by atoms with Crippen molar-refractivity contribution in [3.05, 3.63) is 58.0 Å².